The van der Waals surface area contributed by atoms with Gasteiger partial charge >= 0.3 is 6.18 Å². The molecule has 1 N–H and O–H groups in total. The van der Waals surface area contributed by atoms with Crippen molar-refractivity contribution in [3.05, 3.63) is 29.3 Å². The van der Waals surface area contributed by atoms with Crippen LogP contribution in [0.3, 0.4) is 0 Å². The Hall–Kier alpha value is -1.31. The summed E-state index contributed by atoms with van der Waals surface area (Å²) >= 11 is 0. The average Bonchev–Trinajstić information content (AvgIpc) is 2.55. The number of alkyl halides is 3. The van der Waals surface area contributed by atoms with Crippen molar-refractivity contribution in [1.82, 2.24) is 9.80 Å². The Balaban J connectivity index is 1.57. The van der Waals surface area contributed by atoms with Gasteiger partial charge < -0.3 is 9.84 Å². The molecule has 0 bridgehead atoms. The number of piperazine rings is 1. The van der Waals surface area contributed by atoms with Gasteiger partial charge in [0.25, 0.3) is 0 Å². The maximum Gasteiger partial charge on any atom is 0.416 e. The van der Waals surface area contributed by atoms with E-state index in [0.29, 0.717) is 18.2 Å². The van der Waals surface area contributed by atoms with Gasteiger partial charge in [0, 0.05) is 45.4 Å². The molecule has 0 saturated carbocycles. The number of ether oxygens (including phenoxy) is 1. The highest BCUT2D eigenvalue weighted by molar-refractivity contribution is 5.35. The van der Waals surface area contributed by atoms with Gasteiger partial charge in [0.2, 0.25) is 0 Å². The molecule has 2 saturated heterocycles. The molecule has 0 amide bonds. The minimum atomic E-state index is -4.44. The summed E-state index contributed by atoms with van der Waals surface area (Å²) in [6.07, 6.45) is -2.19. The highest BCUT2D eigenvalue weighted by Crippen LogP contribution is 2.32. The predicted octanol–water partition coefficient (Wildman–Crippen LogP) is 2.71. The molecular formula is C17H23F3N2O2. The van der Waals surface area contributed by atoms with E-state index in [1.165, 1.54) is 6.07 Å². The monoisotopic (exact) mass is 344 g/mol. The molecule has 0 spiro atoms. The first-order valence-corrected chi connectivity index (χ1v) is 8.36. The summed E-state index contributed by atoms with van der Waals surface area (Å²) in [5, 5.41) is 9.56. The molecule has 1 atom stereocenters. The molecule has 0 aromatic heterocycles. The van der Waals surface area contributed by atoms with Crippen LogP contribution in [-0.2, 0) is 17.5 Å². The third-order valence-corrected chi connectivity index (χ3v) is 4.77. The zero-order chi connectivity index (χ0) is 17.2. The topological polar surface area (TPSA) is 35.9 Å². The average molecular weight is 344 g/mol. The fraction of sp³-hybridized carbons (Fsp3) is 0.647. The number of rotatable bonds is 3. The molecule has 3 rings (SSSR count). The lowest BCUT2D eigenvalue weighted by molar-refractivity contribution is -0.137. The first-order chi connectivity index (χ1) is 11.4. The molecule has 2 aliphatic heterocycles. The largest absolute Gasteiger partial charge is 0.508 e. The van der Waals surface area contributed by atoms with E-state index in [2.05, 4.69) is 9.80 Å². The molecular weight excluding hydrogens is 321 g/mol. The SMILES string of the molecule is Oc1cc(CN2CCN(C3CCCOC3)CC2)cc(C(F)(F)F)c1. The van der Waals surface area contributed by atoms with E-state index < -0.39 is 11.7 Å². The number of nitrogens with zero attached hydrogens (tertiary/aromatic N) is 2. The first kappa shape index (κ1) is 17.5. The number of aromatic hydroxyl groups is 1. The number of halogens is 3. The first-order valence-electron chi connectivity index (χ1n) is 8.36. The van der Waals surface area contributed by atoms with Crippen LogP contribution in [0.15, 0.2) is 18.2 Å². The van der Waals surface area contributed by atoms with Gasteiger partial charge in [-0.05, 0) is 36.6 Å². The molecule has 0 radical (unpaired) electrons. The van der Waals surface area contributed by atoms with Crippen LogP contribution in [0.25, 0.3) is 0 Å². The molecule has 1 aromatic rings. The van der Waals surface area contributed by atoms with Crippen molar-refractivity contribution < 1.29 is 23.0 Å². The van der Waals surface area contributed by atoms with E-state index in [1.807, 2.05) is 0 Å². The van der Waals surface area contributed by atoms with Crippen molar-refractivity contribution in [2.24, 2.45) is 0 Å². The molecule has 2 fully saturated rings. The molecule has 7 heteroatoms. The third-order valence-electron chi connectivity index (χ3n) is 4.77. The standard InChI is InChI=1S/C17H23F3N2O2/c18-17(19,20)14-8-13(9-16(23)10-14)11-21-3-5-22(6-4-21)15-2-1-7-24-12-15/h8-10,15,23H,1-7,11-12H2. The number of phenols is 1. The summed E-state index contributed by atoms with van der Waals surface area (Å²) in [7, 11) is 0. The lowest BCUT2D eigenvalue weighted by Crippen LogP contribution is -2.52. The maximum absolute atomic E-state index is 12.8. The summed E-state index contributed by atoms with van der Waals surface area (Å²) in [5.74, 6) is -0.335. The zero-order valence-electron chi connectivity index (χ0n) is 13.6. The van der Waals surface area contributed by atoms with Gasteiger partial charge in [-0.15, -0.1) is 0 Å². The second-order valence-electron chi connectivity index (χ2n) is 6.57. The van der Waals surface area contributed by atoms with Crippen molar-refractivity contribution in [3.8, 4) is 5.75 Å². The van der Waals surface area contributed by atoms with Gasteiger partial charge in [0.15, 0.2) is 0 Å². The highest BCUT2D eigenvalue weighted by Gasteiger charge is 2.31. The van der Waals surface area contributed by atoms with Gasteiger partial charge in [-0.25, -0.2) is 0 Å². The fourth-order valence-corrected chi connectivity index (χ4v) is 3.49. The number of hydrogen-bond donors (Lipinski definition) is 1. The number of hydrogen-bond acceptors (Lipinski definition) is 4. The molecule has 24 heavy (non-hydrogen) atoms. The van der Waals surface area contributed by atoms with Crippen molar-refractivity contribution in [1.29, 1.82) is 0 Å². The van der Waals surface area contributed by atoms with Crippen LogP contribution in [0.2, 0.25) is 0 Å². The second-order valence-corrected chi connectivity index (χ2v) is 6.57. The quantitative estimate of drug-likeness (QED) is 0.915. The molecule has 2 heterocycles. The Bertz CT molecular complexity index is 551. The molecule has 1 aromatic carbocycles. The van der Waals surface area contributed by atoms with Crippen LogP contribution >= 0.6 is 0 Å². The minimum absolute atomic E-state index is 0.335. The van der Waals surface area contributed by atoms with E-state index in [-0.39, 0.29) is 5.75 Å². The number of phenolic OH excluding ortho intramolecular Hbond substituents is 1. The lowest BCUT2D eigenvalue weighted by atomic mass is 10.1. The third kappa shape index (κ3) is 4.40. The van der Waals surface area contributed by atoms with E-state index in [9.17, 15) is 18.3 Å². The van der Waals surface area contributed by atoms with Crippen LogP contribution in [-0.4, -0.2) is 60.3 Å². The Kier molecular flexibility index (Phi) is 5.32. The Morgan fingerprint density at radius 2 is 1.88 bits per heavy atom. The van der Waals surface area contributed by atoms with Crippen LogP contribution in [0, 0.1) is 0 Å². The Morgan fingerprint density at radius 1 is 1.12 bits per heavy atom. The van der Waals surface area contributed by atoms with Crippen molar-refractivity contribution in [2.75, 3.05) is 39.4 Å². The molecule has 134 valence electrons. The summed E-state index contributed by atoms with van der Waals surface area (Å²) in [6, 6.07) is 3.78. The maximum atomic E-state index is 12.8. The molecule has 1 unspecified atom stereocenters. The zero-order valence-corrected chi connectivity index (χ0v) is 13.6. The minimum Gasteiger partial charge on any atom is -0.508 e. The second kappa shape index (κ2) is 7.29. The van der Waals surface area contributed by atoms with E-state index >= 15 is 0 Å². The van der Waals surface area contributed by atoms with E-state index in [0.717, 1.165) is 64.4 Å². The summed E-state index contributed by atoms with van der Waals surface area (Å²) in [6.45, 7) is 5.47. The van der Waals surface area contributed by atoms with Gasteiger partial charge in [0.1, 0.15) is 5.75 Å². The van der Waals surface area contributed by atoms with Crippen molar-refractivity contribution in [3.63, 3.8) is 0 Å². The normalized spacial score (nSPS) is 24.2. The van der Waals surface area contributed by atoms with E-state index in [4.69, 9.17) is 4.74 Å². The molecule has 2 aliphatic rings. The van der Waals surface area contributed by atoms with Crippen LogP contribution in [0.1, 0.15) is 24.0 Å². The van der Waals surface area contributed by atoms with Crippen LogP contribution < -0.4 is 0 Å². The number of benzene rings is 1. The van der Waals surface area contributed by atoms with Gasteiger partial charge in [-0.3, -0.25) is 9.80 Å². The summed E-state index contributed by atoms with van der Waals surface area (Å²) in [5.41, 5.74) is -0.299. The van der Waals surface area contributed by atoms with Crippen LogP contribution in [0.5, 0.6) is 5.75 Å². The summed E-state index contributed by atoms with van der Waals surface area (Å²) < 4.78 is 44.0. The predicted molar refractivity (Wildman–Crippen MR) is 83.8 cm³/mol. The van der Waals surface area contributed by atoms with E-state index in [1.54, 1.807) is 0 Å². The molecule has 4 nitrogen and oxygen atoms in total. The smallest absolute Gasteiger partial charge is 0.416 e. The summed E-state index contributed by atoms with van der Waals surface area (Å²) in [4.78, 5) is 4.55. The Labute approximate surface area is 139 Å². The van der Waals surface area contributed by atoms with Crippen LogP contribution in [0.4, 0.5) is 13.2 Å². The van der Waals surface area contributed by atoms with Gasteiger partial charge in [0.05, 0.1) is 12.2 Å². The Morgan fingerprint density at radius 3 is 2.50 bits per heavy atom. The molecule has 0 aliphatic carbocycles. The van der Waals surface area contributed by atoms with Gasteiger partial charge in [-0.2, -0.15) is 13.2 Å². The van der Waals surface area contributed by atoms with Crippen molar-refractivity contribution >= 4 is 0 Å². The highest BCUT2D eigenvalue weighted by atomic mass is 19.4. The van der Waals surface area contributed by atoms with Gasteiger partial charge in [-0.1, -0.05) is 0 Å². The fourth-order valence-electron chi connectivity index (χ4n) is 3.49. The van der Waals surface area contributed by atoms with Crippen molar-refractivity contribution in [2.45, 2.75) is 31.6 Å². The lowest BCUT2D eigenvalue weighted by Gasteiger charge is -2.40.